The third kappa shape index (κ3) is 9.61. The van der Waals surface area contributed by atoms with E-state index in [0.29, 0.717) is 42.4 Å². The van der Waals surface area contributed by atoms with Gasteiger partial charge in [0.15, 0.2) is 0 Å². The van der Waals surface area contributed by atoms with Gasteiger partial charge in [0.2, 0.25) is 5.91 Å². The molecule has 0 radical (unpaired) electrons. The molecule has 4 atom stereocenters. The summed E-state index contributed by atoms with van der Waals surface area (Å²) in [7, 11) is 2.55. The van der Waals surface area contributed by atoms with Gasteiger partial charge >= 0.3 is 12.2 Å². The Kier molecular flexibility index (Phi) is 13.1. The predicted octanol–water partition coefficient (Wildman–Crippen LogP) is 6.67. The van der Waals surface area contributed by atoms with Crippen molar-refractivity contribution in [2.75, 3.05) is 27.3 Å². The number of aromatic nitrogens is 4. The van der Waals surface area contributed by atoms with Gasteiger partial charge in [-0.05, 0) is 78.2 Å². The summed E-state index contributed by atoms with van der Waals surface area (Å²) in [6, 6.07) is 22.9. The summed E-state index contributed by atoms with van der Waals surface area (Å²) in [4.78, 5) is 71.3. The Morgan fingerprint density at radius 2 is 1.33 bits per heavy atom. The molecule has 2 aliphatic heterocycles. The van der Waals surface area contributed by atoms with Crippen LogP contribution < -0.4 is 10.6 Å². The van der Waals surface area contributed by atoms with Gasteiger partial charge in [-0.1, -0.05) is 86.5 Å². The lowest BCUT2D eigenvalue weighted by Gasteiger charge is -2.30. The van der Waals surface area contributed by atoms with Crippen LogP contribution in [0, 0.1) is 29.6 Å². The zero-order chi connectivity index (χ0) is 42.9. The van der Waals surface area contributed by atoms with Gasteiger partial charge in [0, 0.05) is 24.2 Å². The molecule has 14 nitrogen and oxygen atoms in total. The summed E-state index contributed by atoms with van der Waals surface area (Å²) in [5.74, 6) is 13.0. The maximum atomic E-state index is 13.9. The minimum atomic E-state index is -0.910. The third-order valence-corrected chi connectivity index (χ3v) is 11.0. The van der Waals surface area contributed by atoms with Crippen LogP contribution in [-0.2, 0) is 19.1 Å². The highest BCUT2D eigenvalue weighted by Crippen LogP contribution is 2.35. The lowest BCUT2D eigenvalue weighted by atomic mass is 9.96. The topological polar surface area (TPSA) is 175 Å². The van der Waals surface area contributed by atoms with E-state index in [1.165, 1.54) is 14.2 Å². The van der Waals surface area contributed by atoms with Crippen LogP contribution in [0.2, 0.25) is 0 Å². The number of benzene rings is 3. The third-order valence-electron chi connectivity index (χ3n) is 11.0. The van der Waals surface area contributed by atoms with Gasteiger partial charge in [-0.2, -0.15) is 0 Å². The van der Waals surface area contributed by atoms with Crippen LogP contribution in [0.3, 0.4) is 0 Å². The normalized spacial score (nSPS) is 16.7. The molecule has 7 rings (SSSR count). The molecule has 2 aliphatic rings. The molecule has 14 heteroatoms. The van der Waals surface area contributed by atoms with Crippen molar-refractivity contribution in [3.8, 4) is 46.1 Å². The highest BCUT2D eigenvalue weighted by molar-refractivity contribution is 5.88. The SMILES string of the molecule is COC(=O)N[C@H](C(=O)N1CCC[C@H]1c1ncc(-c2ccc(C#CC#Cc3cnc(C4CCCN4C(=O)[C@H](NC(=O)OC)c4ccccc4)[nH]3)c(-c3ccccc3)c2)[nH]1)C(C)C. The van der Waals surface area contributed by atoms with E-state index in [1.807, 2.05) is 74.5 Å². The maximum Gasteiger partial charge on any atom is 0.407 e. The summed E-state index contributed by atoms with van der Waals surface area (Å²) in [6.07, 6.45) is 5.14. The molecular formula is C47H48N8O6. The largest absolute Gasteiger partial charge is 0.453 e. The Bertz CT molecular complexity index is 2490. The number of aromatic amines is 2. The van der Waals surface area contributed by atoms with Gasteiger partial charge in [-0.25, -0.2) is 19.6 Å². The number of nitrogens with one attached hydrogen (secondary N) is 4. The molecule has 2 aromatic heterocycles. The molecule has 1 unspecified atom stereocenters. The lowest BCUT2D eigenvalue weighted by Crippen LogP contribution is -2.51. The van der Waals surface area contributed by atoms with Crippen molar-refractivity contribution in [2.24, 2.45) is 5.92 Å². The van der Waals surface area contributed by atoms with E-state index in [9.17, 15) is 19.2 Å². The van der Waals surface area contributed by atoms with Crippen LogP contribution in [0.4, 0.5) is 9.59 Å². The first kappa shape index (κ1) is 41.8. The minimum absolute atomic E-state index is 0.131. The van der Waals surface area contributed by atoms with Crippen LogP contribution in [-0.4, -0.2) is 87.1 Å². The molecule has 5 aromatic rings. The van der Waals surface area contributed by atoms with E-state index in [2.05, 4.69) is 55.3 Å². The minimum Gasteiger partial charge on any atom is -0.453 e. The Labute approximate surface area is 354 Å². The maximum absolute atomic E-state index is 13.9. The predicted molar refractivity (Wildman–Crippen MR) is 228 cm³/mol. The number of alkyl carbamates (subject to hydrolysis) is 2. The quantitative estimate of drug-likeness (QED) is 0.113. The molecule has 2 fully saturated rings. The number of hydrogen-bond acceptors (Lipinski definition) is 8. The standard InChI is InChI=1S/C47H48N8O6/c1-30(2)40(52-46(58)60-3)44(56)54-25-14-22-39(54)43-49-29-37(51-43)34-24-23-32(36(27-34)31-15-7-5-8-16-31)17-11-12-20-35-28-48-42(50-35)38-21-13-26-55(38)45(57)41(53-47(59)61-4)33-18-9-6-10-19-33/h5-10,15-16,18-19,23-24,27-30,38-41H,13-14,21-22,25-26H2,1-4H3,(H,48,50)(H,49,51)(H,52,58)(H,53,59)/t38?,39-,40-,41+/m0/s1. The summed E-state index contributed by atoms with van der Waals surface area (Å²) in [5, 5.41) is 5.39. The first-order chi connectivity index (χ1) is 29.6. The number of imidazole rings is 2. The fourth-order valence-electron chi connectivity index (χ4n) is 7.88. The first-order valence-electron chi connectivity index (χ1n) is 20.3. The molecule has 3 aromatic carbocycles. The summed E-state index contributed by atoms with van der Waals surface area (Å²) in [6.45, 7) is 4.86. The Morgan fingerprint density at radius 3 is 2.00 bits per heavy atom. The highest BCUT2D eigenvalue weighted by Gasteiger charge is 2.38. The monoisotopic (exact) mass is 820 g/mol. The van der Waals surface area contributed by atoms with Crippen molar-refractivity contribution in [3.63, 3.8) is 0 Å². The molecule has 2 saturated heterocycles. The van der Waals surface area contributed by atoms with E-state index in [0.717, 1.165) is 47.2 Å². The van der Waals surface area contributed by atoms with Crippen LogP contribution in [0.15, 0.2) is 91.3 Å². The van der Waals surface area contributed by atoms with Crippen LogP contribution in [0.5, 0.6) is 0 Å². The van der Waals surface area contributed by atoms with Crippen LogP contribution in [0.1, 0.15) is 86.1 Å². The lowest BCUT2D eigenvalue weighted by molar-refractivity contribution is -0.135. The Hall–Kier alpha value is -7.32. The molecule has 0 spiro atoms. The van der Waals surface area contributed by atoms with E-state index in [-0.39, 0.29) is 29.8 Å². The van der Waals surface area contributed by atoms with Gasteiger partial charge in [-0.3, -0.25) is 9.59 Å². The number of ether oxygens (including phenoxy) is 2. The van der Waals surface area contributed by atoms with Crippen molar-refractivity contribution in [1.82, 2.24) is 40.4 Å². The molecule has 4 N–H and O–H groups in total. The fraction of sp³-hybridized carbons (Fsp3) is 0.319. The molecular weight excluding hydrogens is 773 g/mol. The second-order valence-electron chi connectivity index (χ2n) is 15.2. The highest BCUT2D eigenvalue weighted by atomic mass is 16.5. The zero-order valence-corrected chi connectivity index (χ0v) is 34.5. The first-order valence-corrected chi connectivity index (χ1v) is 20.3. The number of amides is 4. The number of rotatable bonds is 10. The van der Waals surface area contributed by atoms with Gasteiger partial charge in [0.1, 0.15) is 29.4 Å². The van der Waals surface area contributed by atoms with E-state index in [1.54, 1.807) is 34.3 Å². The second-order valence-corrected chi connectivity index (χ2v) is 15.2. The number of methoxy groups -OCH3 is 2. The van der Waals surface area contributed by atoms with E-state index in [4.69, 9.17) is 14.5 Å². The number of carbonyl (C=O) groups excluding carboxylic acids is 4. The Morgan fingerprint density at radius 1 is 0.721 bits per heavy atom. The number of hydrogen-bond donors (Lipinski definition) is 4. The van der Waals surface area contributed by atoms with E-state index >= 15 is 0 Å². The molecule has 61 heavy (non-hydrogen) atoms. The van der Waals surface area contributed by atoms with Crippen LogP contribution >= 0.6 is 0 Å². The van der Waals surface area contributed by atoms with Gasteiger partial charge in [0.25, 0.3) is 5.91 Å². The smallest absolute Gasteiger partial charge is 0.407 e. The molecule has 0 saturated carbocycles. The van der Waals surface area contributed by atoms with Crippen molar-refractivity contribution in [3.05, 3.63) is 120 Å². The number of nitrogens with zero attached hydrogens (tertiary/aromatic N) is 4. The Balaban J connectivity index is 1.08. The molecule has 0 bridgehead atoms. The zero-order valence-electron chi connectivity index (χ0n) is 34.5. The summed E-state index contributed by atoms with van der Waals surface area (Å²) < 4.78 is 9.59. The number of H-pyrrole nitrogens is 2. The van der Waals surface area contributed by atoms with Crippen molar-refractivity contribution < 1.29 is 28.7 Å². The molecule has 312 valence electrons. The molecule has 4 amide bonds. The second kappa shape index (κ2) is 19.2. The van der Waals surface area contributed by atoms with Gasteiger partial charge in [-0.15, -0.1) is 0 Å². The van der Waals surface area contributed by atoms with Crippen LogP contribution in [0.25, 0.3) is 22.4 Å². The number of carbonyl (C=O) groups is 4. The molecule has 4 heterocycles. The number of likely N-dealkylation sites (tertiary alicyclic amines) is 2. The van der Waals surface area contributed by atoms with Gasteiger partial charge in [0.05, 0.1) is 44.4 Å². The van der Waals surface area contributed by atoms with Crippen molar-refractivity contribution in [2.45, 2.75) is 63.7 Å². The van der Waals surface area contributed by atoms with E-state index < -0.39 is 24.3 Å². The summed E-state index contributed by atoms with van der Waals surface area (Å²) in [5.41, 5.74) is 5.60. The fourth-order valence-corrected chi connectivity index (χ4v) is 7.88. The average Bonchev–Trinajstić information content (AvgIpc) is 4.14. The van der Waals surface area contributed by atoms with Crippen molar-refractivity contribution in [1.29, 1.82) is 0 Å². The molecule has 0 aliphatic carbocycles. The van der Waals surface area contributed by atoms with Crippen molar-refractivity contribution >= 4 is 24.0 Å². The average molecular weight is 821 g/mol. The summed E-state index contributed by atoms with van der Waals surface area (Å²) >= 11 is 0. The van der Waals surface area contributed by atoms with Gasteiger partial charge < -0.3 is 39.9 Å².